The number of sulfonamides is 1. The van der Waals surface area contributed by atoms with Gasteiger partial charge in [-0.25, -0.2) is 8.42 Å². The SMILES string of the molecule is CCC(C(=O)NC1CCCC1)N(Cc1ccc(C)cc1)C(=O)CN(c1cc(C)cc(C)c1)S(=O)(=O)c1ccc(OC)c(OC)c1. The number of ether oxygens (including phenoxy) is 2. The maximum Gasteiger partial charge on any atom is 0.264 e. The van der Waals surface area contributed by atoms with E-state index in [1.807, 2.05) is 58.0 Å². The van der Waals surface area contributed by atoms with Gasteiger partial charge in [-0.05, 0) is 81.0 Å². The molecule has 4 rings (SSSR count). The molecule has 0 aromatic heterocycles. The van der Waals surface area contributed by atoms with Crippen molar-refractivity contribution in [2.45, 2.75) is 83.3 Å². The molecular formula is C35H45N3O6S. The second-order valence-corrected chi connectivity index (χ2v) is 13.7. The third kappa shape index (κ3) is 8.16. The maximum atomic E-state index is 14.4. The normalized spacial score (nSPS) is 14.1. The largest absolute Gasteiger partial charge is 0.493 e. The van der Waals surface area contributed by atoms with E-state index in [-0.39, 0.29) is 29.1 Å². The molecule has 1 fully saturated rings. The Hall–Kier alpha value is -4.05. The lowest BCUT2D eigenvalue weighted by Gasteiger charge is -2.34. The van der Waals surface area contributed by atoms with Gasteiger partial charge in [0.2, 0.25) is 11.8 Å². The van der Waals surface area contributed by atoms with Gasteiger partial charge in [0.25, 0.3) is 10.0 Å². The van der Waals surface area contributed by atoms with E-state index in [4.69, 9.17) is 9.47 Å². The first-order valence-electron chi connectivity index (χ1n) is 15.4. The van der Waals surface area contributed by atoms with Crippen molar-refractivity contribution in [3.8, 4) is 11.5 Å². The Morgan fingerprint density at radius 3 is 2.07 bits per heavy atom. The molecule has 0 heterocycles. The molecule has 0 bridgehead atoms. The zero-order valence-electron chi connectivity index (χ0n) is 27.1. The second kappa shape index (κ2) is 14.8. The molecule has 3 aromatic rings. The van der Waals surface area contributed by atoms with E-state index in [1.165, 1.54) is 37.3 Å². The van der Waals surface area contributed by atoms with Crippen molar-refractivity contribution in [2.24, 2.45) is 0 Å². The summed E-state index contributed by atoms with van der Waals surface area (Å²) < 4.78 is 40.6. The van der Waals surface area contributed by atoms with E-state index in [0.717, 1.165) is 52.2 Å². The minimum atomic E-state index is -4.27. The molecule has 1 saturated carbocycles. The van der Waals surface area contributed by atoms with Crippen molar-refractivity contribution < 1.29 is 27.5 Å². The molecule has 1 atom stereocenters. The first-order chi connectivity index (χ1) is 21.5. The molecule has 0 spiro atoms. The average Bonchev–Trinajstić information content (AvgIpc) is 3.52. The number of methoxy groups -OCH3 is 2. The molecule has 9 nitrogen and oxygen atoms in total. The summed E-state index contributed by atoms with van der Waals surface area (Å²) in [5.41, 5.74) is 3.98. The lowest BCUT2D eigenvalue weighted by Crippen LogP contribution is -2.53. The Morgan fingerprint density at radius 2 is 1.49 bits per heavy atom. The van der Waals surface area contributed by atoms with Crippen LogP contribution >= 0.6 is 0 Å². The van der Waals surface area contributed by atoms with Crippen LogP contribution in [0.15, 0.2) is 65.6 Å². The maximum absolute atomic E-state index is 14.4. The number of anilines is 1. The number of hydrogen-bond donors (Lipinski definition) is 1. The van der Waals surface area contributed by atoms with Crippen molar-refractivity contribution >= 4 is 27.5 Å². The van der Waals surface area contributed by atoms with Gasteiger partial charge in [-0.3, -0.25) is 13.9 Å². The monoisotopic (exact) mass is 635 g/mol. The summed E-state index contributed by atoms with van der Waals surface area (Å²) in [5, 5.41) is 3.15. The second-order valence-electron chi connectivity index (χ2n) is 11.8. The highest BCUT2D eigenvalue weighted by molar-refractivity contribution is 7.92. The zero-order valence-corrected chi connectivity index (χ0v) is 27.9. The molecule has 0 aliphatic heterocycles. The number of aryl methyl sites for hydroxylation is 3. The molecule has 10 heteroatoms. The van der Waals surface area contributed by atoms with E-state index >= 15 is 0 Å². The lowest BCUT2D eigenvalue weighted by atomic mass is 10.1. The van der Waals surface area contributed by atoms with Crippen LogP contribution in [0.3, 0.4) is 0 Å². The smallest absolute Gasteiger partial charge is 0.264 e. The fourth-order valence-electron chi connectivity index (χ4n) is 5.90. The van der Waals surface area contributed by atoms with Gasteiger partial charge in [0.1, 0.15) is 12.6 Å². The molecule has 1 aliphatic rings. The number of carbonyl (C=O) groups is 2. The van der Waals surface area contributed by atoms with Gasteiger partial charge in [0, 0.05) is 18.7 Å². The van der Waals surface area contributed by atoms with Gasteiger partial charge in [-0.1, -0.05) is 55.7 Å². The molecule has 3 aromatic carbocycles. The number of benzene rings is 3. The van der Waals surface area contributed by atoms with E-state index in [9.17, 15) is 18.0 Å². The minimum absolute atomic E-state index is 0.0526. The molecule has 1 N–H and O–H groups in total. The fraction of sp³-hybridized carbons (Fsp3) is 0.429. The first-order valence-corrected chi connectivity index (χ1v) is 16.9. The molecule has 0 radical (unpaired) electrons. The van der Waals surface area contributed by atoms with Gasteiger partial charge >= 0.3 is 0 Å². The van der Waals surface area contributed by atoms with Gasteiger partial charge in [-0.15, -0.1) is 0 Å². The summed E-state index contributed by atoms with van der Waals surface area (Å²) in [6.07, 6.45) is 4.33. The molecule has 0 saturated heterocycles. The molecule has 242 valence electrons. The van der Waals surface area contributed by atoms with Gasteiger partial charge in [-0.2, -0.15) is 0 Å². The van der Waals surface area contributed by atoms with Crippen molar-refractivity contribution in [1.82, 2.24) is 10.2 Å². The third-order valence-electron chi connectivity index (χ3n) is 8.28. The average molecular weight is 636 g/mol. The van der Waals surface area contributed by atoms with Crippen LogP contribution in [0.4, 0.5) is 5.69 Å². The van der Waals surface area contributed by atoms with Crippen LogP contribution < -0.4 is 19.1 Å². The Balaban J connectivity index is 1.77. The number of rotatable bonds is 13. The minimum Gasteiger partial charge on any atom is -0.493 e. The highest BCUT2D eigenvalue weighted by atomic mass is 32.2. The molecule has 1 unspecified atom stereocenters. The zero-order chi connectivity index (χ0) is 32.7. The number of nitrogens with one attached hydrogen (secondary N) is 1. The van der Waals surface area contributed by atoms with Crippen LogP contribution in [-0.2, 0) is 26.2 Å². The molecule has 2 amide bonds. The lowest BCUT2D eigenvalue weighted by molar-refractivity contribution is -0.140. The Morgan fingerprint density at radius 1 is 0.867 bits per heavy atom. The van der Waals surface area contributed by atoms with Crippen LogP contribution in [0.2, 0.25) is 0 Å². The van der Waals surface area contributed by atoms with E-state index in [1.54, 1.807) is 12.1 Å². The number of hydrogen-bond acceptors (Lipinski definition) is 6. The summed E-state index contributed by atoms with van der Waals surface area (Å²) in [7, 11) is -1.37. The Labute approximate surface area is 267 Å². The van der Waals surface area contributed by atoms with Crippen LogP contribution in [0.5, 0.6) is 11.5 Å². The van der Waals surface area contributed by atoms with E-state index in [0.29, 0.717) is 17.9 Å². The molecule has 1 aliphatic carbocycles. The number of nitrogens with zero attached hydrogens (tertiary/aromatic N) is 2. The molecular weight excluding hydrogens is 590 g/mol. The van der Waals surface area contributed by atoms with Gasteiger partial charge < -0.3 is 19.7 Å². The summed E-state index contributed by atoms with van der Waals surface area (Å²) in [6.45, 7) is 7.27. The Bertz CT molecular complexity index is 1580. The highest BCUT2D eigenvalue weighted by Gasteiger charge is 2.35. The summed E-state index contributed by atoms with van der Waals surface area (Å²) in [5.74, 6) is -0.0625. The third-order valence-corrected chi connectivity index (χ3v) is 10.0. The number of carbonyl (C=O) groups excluding carboxylic acids is 2. The summed E-state index contributed by atoms with van der Waals surface area (Å²) >= 11 is 0. The topological polar surface area (TPSA) is 105 Å². The van der Waals surface area contributed by atoms with Crippen LogP contribution in [-0.4, -0.2) is 58.0 Å². The van der Waals surface area contributed by atoms with Crippen molar-refractivity contribution in [1.29, 1.82) is 0 Å². The van der Waals surface area contributed by atoms with E-state index < -0.39 is 28.5 Å². The predicted octanol–water partition coefficient (Wildman–Crippen LogP) is 5.69. The summed E-state index contributed by atoms with van der Waals surface area (Å²) in [6, 6.07) is 16.9. The van der Waals surface area contributed by atoms with Gasteiger partial charge in [0.15, 0.2) is 11.5 Å². The Kier molecular flexibility index (Phi) is 11.1. The quantitative estimate of drug-likeness (QED) is 0.259. The number of amides is 2. The van der Waals surface area contributed by atoms with Gasteiger partial charge in [0.05, 0.1) is 24.8 Å². The van der Waals surface area contributed by atoms with Crippen molar-refractivity contribution in [3.05, 3.63) is 82.9 Å². The fourth-order valence-corrected chi connectivity index (χ4v) is 7.32. The van der Waals surface area contributed by atoms with Crippen LogP contribution in [0, 0.1) is 20.8 Å². The molecule has 45 heavy (non-hydrogen) atoms. The van der Waals surface area contributed by atoms with E-state index in [2.05, 4.69) is 5.32 Å². The van der Waals surface area contributed by atoms with Crippen molar-refractivity contribution in [3.63, 3.8) is 0 Å². The summed E-state index contributed by atoms with van der Waals surface area (Å²) in [4.78, 5) is 29.5. The van der Waals surface area contributed by atoms with Crippen molar-refractivity contribution in [2.75, 3.05) is 25.1 Å². The first kappa shape index (κ1) is 33.8. The predicted molar refractivity (Wildman–Crippen MR) is 176 cm³/mol. The standard InChI is InChI=1S/C35H45N3O6S/c1-7-31(35(40)36-28-10-8-9-11-28)37(22-27-14-12-24(2)13-15-27)34(39)23-38(29-19-25(3)18-26(4)20-29)45(41,42)30-16-17-32(43-5)33(21-30)44-6/h12-21,28,31H,7-11,22-23H2,1-6H3,(H,36,40). The van der Waals surface area contributed by atoms with Crippen LogP contribution in [0.1, 0.15) is 61.3 Å². The van der Waals surface area contributed by atoms with Crippen LogP contribution in [0.25, 0.3) is 0 Å². The highest BCUT2D eigenvalue weighted by Crippen LogP contribution is 2.33.